The summed E-state index contributed by atoms with van der Waals surface area (Å²) in [4.78, 5) is 0. The van der Waals surface area contributed by atoms with Crippen molar-refractivity contribution in [2.75, 3.05) is 6.54 Å². The molecule has 0 fully saturated rings. The summed E-state index contributed by atoms with van der Waals surface area (Å²) in [5.41, 5.74) is 1.56. The van der Waals surface area contributed by atoms with Crippen LogP contribution >= 0.6 is 0 Å². The molecular weight excluding hydrogens is 210 g/mol. The van der Waals surface area contributed by atoms with Gasteiger partial charge in [-0.15, -0.1) is 0 Å². The minimum absolute atomic E-state index is 0.276. The van der Waals surface area contributed by atoms with Gasteiger partial charge in [-0.2, -0.15) is 0 Å². The monoisotopic (exact) mass is 235 g/mol. The molecule has 0 aliphatic rings. The number of hydrogen-bond donors (Lipinski definition) is 2. The van der Waals surface area contributed by atoms with Crippen LogP contribution in [0.5, 0.6) is 5.75 Å². The van der Waals surface area contributed by atoms with Gasteiger partial charge in [-0.25, -0.2) is 0 Å². The lowest BCUT2D eigenvalue weighted by atomic mass is 9.80. The first-order valence-electron chi connectivity index (χ1n) is 6.44. The highest BCUT2D eigenvalue weighted by atomic mass is 16.3. The average molecular weight is 235 g/mol. The van der Waals surface area contributed by atoms with Gasteiger partial charge in [0.2, 0.25) is 0 Å². The molecule has 2 N–H and O–H groups in total. The van der Waals surface area contributed by atoms with E-state index in [2.05, 4.69) is 33.0 Å². The van der Waals surface area contributed by atoms with Crippen LogP contribution in [0.25, 0.3) is 0 Å². The topological polar surface area (TPSA) is 32.3 Å². The van der Waals surface area contributed by atoms with Crippen LogP contribution in [0.15, 0.2) is 24.3 Å². The third-order valence-electron chi connectivity index (χ3n) is 3.03. The molecule has 0 aromatic heterocycles. The van der Waals surface area contributed by atoms with Crippen molar-refractivity contribution in [1.82, 2.24) is 5.32 Å². The maximum Gasteiger partial charge on any atom is 0.115 e. The van der Waals surface area contributed by atoms with Crippen LogP contribution in [0, 0.1) is 5.41 Å². The van der Waals surface area contributed by atoms with Gasteiger partial charge in [0.05, 0.1) is 0 Å². The lowest BCUT2D eigenvalue weighted by Gasteiger charge is -2.28. The van der Waals surface area contributed by atoms with E-state index < -0.39 is 0 Å². The van der Waals surface area contributed by atoms with E-state index >= 15 is 0 Å². The second-order valence-electron chi connectivity index (χ2n) is 5.67. The Morgan fingerprint density at radius 3 is 2.35 bits per heavy atom. The first kappa shape index (κ1) is 14.0. The Morgan fingerprint density at radius 2 is 1.82 bits per heavy atom. The van der Waals surface area contributed by atoms with Crippen LogP contribution in [-0.4, -0.2) is 17.7 Å². The first-order valence-corrected chi connectivity index (χ1v) is 6.44. The molecule has 2 heteroatoms. The summed E-state index contributed by atoms with van der Waals surface area (Å²) >= 11 is 0. The zero-order valence-corrected chi connectivity index (χ0v) is 11.5. The molecule has 0 amide bonds. The molecule has 0 radical (unpaired) electrons. The van der Waals surface area contributed by atoms with Crippen LogP contribution in [0.4, 0.5) is 0 Å². The van der Waals surface area contributed by atoms with Crippen molar-refractivity contribution in [3.63, 3.8) is 0 Å². The van der Waals surface area contributed by atoms with E-state index in [0.717, 1.165) is 19.4 Å². The zero-order valence-electron chi connectivity index (χ0n) is 11.5. The number of aromatic hydroxyl groups is 1. The Kier molecular flexibility index (Phi) is 5.01. The lowest BCUT2D eigenvalue weighted by Crippen LogP contribution is -2.32. The van der Waals surface area contributed by atoms with Gasteiger partial charge in [-0.1, -0.05) is 32.9 Å². The fourth-order valence-corrected chi connectivity index (χ4v) is 2.49. The fourth-order valence-electron chi connectivity index (χ4n) is 2.49. The van der Waals surface area contributed by atoms with Crippen LogP contribution in [-0.2, 0) is 6.42 Å². The summed E-state index contributed by atoms with van der Waals surface area (Å²) in [5.74, 6) is 0.340. The number of phenolic OH excluding ortho intramolecular Hbond substituents is 1. The summed E-state index contributed by atoms with van der Waals surface area (Å²) in [6.45, 7) is 10.0. The molecular formula is C15H25NO. The number of phenols is 1. The summed E-state index contributed by atoms with van der Waals surface area (Å²) < 4.78 is 0. The van der Waals surface area contributed by atoms with E-state index in [9.17, 15) is 5.11 Å². The van der Waals surface area contributed by atoms with Crippen LogP contribution in [0.3, 0.4) is 0 Å². The Hall–Kier alpha value is -1.02. The zero-order chi connectivity index (χ0) is 12.9. The average Bonchev–Trinajstić information content (AvgIpc) is 2.20. The molecule has 17 heavy (non-hydrogen) atoms. The van der Waals surface area contributed by atoms with Crippen LogP contribution < -0.4 is 5.32 Å². The van der Waals surface area contributed by atoms with Gasteiger partial charge >= 0.3 is 0 Å². The Morgan fingerprint density at radius 1 is 1.24 bits per heavy atom. The normalized spacial score (nSPS) is 13.6. The largest absolute Gasteiger partial charge is 0.508 e. The van der Waals surface area contributed by atoms with Gasteiger partial charge in [0, 0.05) is 6.04 Å². The van der Waals surface area contributed by atoms with Crippen molar-refractivity contribution >= 4 is 0 Å². The summed E-state index contributed by atoms with van der Waals surface area (Å²) in [6, 6.07) is 8.09. The maximum atomic E-state index is 9.26. The third kappa shape index (κ3) is 5.22. The highest BCUT2D eigenvalue weighted by molar-refractivity contribution is 5.26. The second kappa shape index (κ2) is 6.06. The molecule has 0 bridgehead atoms. The molecule has 0 spiro atoms. The standard InChI is InChI=1S/C15H25NO/c1-5-16-12(2)10-15(3,4)11-13-6-8-14(17)9-7-13/h6-9,12,16-17H,5,10-11H2,1-4H3. The predicted molar refractivity (Wildman–Crippen MR) is 73.3 cm³/mol. The summed E-state index contributed by atoms with van der Waals surface area (Å²) in [5, 5.41) is 12.7. The smallest absolute Gasteiger partial charge is 0.115 e. The lowest BCUT2D eigenvalue weighted by molar-refractivity contribution is 0.288. The van der Waals surface area contributed by atoms with Gasteiger partial charge < -0.3 is 10.4 Å². The molecule has 0 saturated heterocycles. The highest BCUT2D eigenvalue weighted by Gasteiger charge is 2.21. The number of benzene rings is 1. The van der Waals surface area contributed by atoms with E-state index in [4.69, 9.17) is 0 Å². The minimum atomic E-state index is 0.276. The number of rotatable bonds is 6. The van der Waals surface area contributed by atoms with E-state index in [1.165, 1.54) is 5.56 Å². The van der Waals surface area contributed by atoms with E-state index in [0.29, 0.717) is 11.8 Å². The van der Waals surface area contributed by atoms with Gasteiger partial charge in [-0.05, 0) is 49.4 Å². The van der Waals surface area contributed by atoms with Gasteiger partial charge in [0.25, 0.3) is 0 Å². The molecule has 1 unspecified atom stereocenters. The van der Waals surface area contributed by atoms with Crippen molar-refractivity contribution < 1.29 is 5.11 Å². The van der Waals surface area contributed by atoms with Crippen LogP contribution in [0.1, 0.15) is 39.7 Å². The SMILES string of the molecule is CCNC(C)CC(C)(C)Cc1ccc(O)cc1. The minimum Gasteiger partial charge on any atom is -0.508 e. The Labute approximate surface area is 105 Å². The van der Waals surface area contributed by atoms with E-state index in [1.54, 1.807) is 12.1 Å². The molecule has 1 aromatic rings. The molecule has 1 atom stereocenters. The molecule has 0 heterocycles. The van der Waals surface area contributed by atoms with Crippen molar-refractivity contribution in [2.45, 2.75) is 46.6 Å². The van der Waals surface area contributed by atoms with Crippen molar-refractivity contribution in [3.05, 3.63) is 29.8 Å². The molecule has 1 aromatic carbocycles. The Bertz CT molecular complexity index is 329. The second-order valence-corrected chi connectivity index (χ2v) is 5.67. The summed E-state index contributed by atoms with van der Waals surface area (Å²) in [6.07, 6.45) is 2.20. The highest BCUT2D eigenvalue weighted by Crippen LogP contribution is 2.28. The van der Waals surface area contributed by atoms with Crippen LogP contribution in [0.2, 0.25) is 0 Å². The third-order valence-corrected chi connectivity index (χ3v) is 3.03. The molecule has 96 valence electrons. The molecule has 2 nitrogen and oxygen atoms in total. The molecule has 0 aliphatic heterocycles. The fraction of sp³-hybridized carbons (Fsp3) is 0.600. The van der Waals surface area contributed by atoms with E-state index in [1.807, 2.05) is 12.1 Å². The molecule has 1 rings (SSSR count). The summed E-state index contributed by atoms with van der Waals surface area (Å²) in [7, 11) is 0. The van der Waals surface area contributed by atoms with Gasteiger partial charge in [0.1, 0.15) is 5.75 Å². The predicted octanol–water partition coefficient (Wildman–Crippen LogP) is 3.35. The van der Waals surface area contributed by atoms with Gasteiger partial charge in [0.15, 0.2) is 0 Å². The number of nitrogens with one attached hydrogen (secondary N) is 1. The molecule has 0 aliphatic carbocycles. The van der Waals surface area contributed by atoms with Crippen molar-refractivity contribution in [1.29, 1.82) is 0 Å². The number of hydrogen-bond acceptors (Lipinski definition) is 2. The van der Waals surface area contributed by atoms with Crippen molar-refractivity contribution in [2.24, 2.45) is 5.41 Å². The Balaban J connectivity index is 2.56. The maximum absolute atomic E-state index is 9.26. The van der Waals surface area contributed by atoms with E-state index in [-0.39, 0.29) is 5.41 Å². The molecule has 0 saturated carbocycles. The first-order chi connectivity index (χ1) is 7.93. The quantitative estimate of drug-likeness (QED) is 0.792. The van der Waals surface area contributed by atoms with Gasteiger partial charge in [-0.3, -0.25) is 0 Å². The van der Waals surface area contributed by atoms with Crippen molar-refractivity contribution in [3.8, 4) is 5.75 Å².